The summed E-state index contributed by atoms with van der Waals surface area (Å²) in [7, 11) is 0. The minimum atomic E-state index is -4.43. The van der Waals surface area contributed by atoms with Crippen LogP contribution in [0.1, 0.15) is 35.8 Å². The molecule has 1 aromatic heterocycles. The number of hydrogen-bond acceptors (Lipinski definition) is 3. The Morgan fingerprint density at radius 1 is 1.46 bits per heavy atom. The van der Waals surface area contributed by atoms with E-state index in [2.05, 4.69) is 10.2 Å². The van der Waals surface area contributed by atoms with E-state index in [-0.39, 0.29) is 19.0 Å². The Hall–Kier alpha value is -2.06. The molecule has 6 nitrogen and oxygen atoms in total. The average Bonchev–Trinajstić information content (AvgIpc) is 2.96. The smallest absolute Gasteiger partial charge is 0.338 e. The largest absolute Gasteiger partial charge is 0.406 e. The van der Waals surface area contributed by atoms with Crippen LogP contribution in [0.25, 0.3) is 0 Å². The summed E-state index contributed by atoms with van der Waals surface area (Å²) in [6.45, 7) is 2.59. The quantitative estimate of drug-likeness (QED) is 0.906. The summed E-state index contributed by atoms with van der Waals surface area (Å²) in [5.41, 5.74) is 1.05. The summed E-state index contributed by atoms with van der Waals surface area (Å²) in [6, 6.07) is 0. The Labute approximate surface area is 138 Å². The maximum atomic E-state index is 12.6. The van der Waals surface area contributed by atoms with E-state index < -0.39 is 24.5 Å². The maximum absolute atomic E-state index is 12.6. The molecule has 2 heterocycles. The monoisotopic (exact) mass is 346 g/mol. The Kier molecular flexibility index (Phi) is 5.51. The van der Waals surface area contributed by atoms with E-state index in [0.717, 1.165) is 4.90 Å². The second-order valence-corrected chi connectivity index (χ2v) is 5.97. The highest BCUT2D eigenvalue weighted by Crippen LogP contribution is 2.23. The van der Waals surface area contributed by atoms with Crippen LogP contribution in [0.5, 0.6) is 0 Å². The van der Waals surface area contributed by atoms with Crippen molar-refractivity contribution in [1.29, 1.82) is 0 Å². The number of amides is 2. The lowest BCUT2D eigenvalue weighted by molar-refractivity contribution is -0.164. The number of carbonyl (C=O) groups excluding carboxylic acids is 2. The SMILES string of the molecule is CCN(CC(F)(F)F)C(=O)C1CCCN(C(=O)c2cn[nH]c2C)C1. The number of carbonyl (C=O) groups is 2. The van der Waals surface area contributed by atoms with Crippen molar-refractivity contribution < 1.29 is 22.8 Å². The average molecular weight is 346 g/mol. The zero-order chi connectivity index (χ0) is 17.9. The van der Waals surface area contributed by atoms with Gasteiger partial charge in [-0.3, -0.25) is 14.7 Å². The van der Waals surface area contributed by atoms with Crippen LogP contribution < -0.4 is 0 Å². The van der Waals surface area contributed by atoms with E-state index in [4.69, 9.17) is 0 Å². The van der Waals surface area contributed by atoms with Crippen molar-refractivity contribution >= 4 is 11.8 Å². The summed E-state index contributed by atoms with van der Waals surface area (Å²) in [5, 5.41) is 6.48. The summed E-state index contributed by atoms with van der Waals surface area (Å²) >= 11 is 0. The lowest BCUT2D eigenvalue weighted by Gasteiger charge is -2.35. The molecule has 9 heteroatoms. The van der Waals surface area contributed by atoms with Crippen molar-refractivity contribution in [2.45, 2.75) is 32.9 Å². The van der Waals surface area contributed by atoms with E-state index in [1.165, 1.54) is 18.0 Å². The molecule has 1 saturated heterocycles. The third kappa shape index (κ3) is 4.27. The molecule has 2 amide bonds. The van der Waals surface area contributed by atoms with Gasteiger partial charge < -0.3 is 9.80 Å². The standard InChI is InChI=1S/C15H21F3N4O2/c1-3-21(9-15(16,17)18)13(23)11-5-4-6-22(8-11)14(24)12-7-19-20-10(12)2/h7,11H,3-6,8-9H2,1-2H3,(H,19,20). The molecule has 1 aliphatic rings. The number of rotatable bonds is 4. The fraction of sp³-hybridized carbons (Fsp3) is 0.667. The Morgan fingerprint density at radius 2 is 2.17 bits per heavy atom. The van der Waals surface area contributed by atoms with Gasteiger partial charge in [-0.2, -0.15) is 18.3 Å². The minimum Gasteiger partial charge on any atom is -0.338 e. The van der Waals surface area contributed by atoms with E-state index >= 15 is 0 Å². The third-order valence-corrected chi connectivity index (χ3v) is 4.18. The van der Waals surface area contributed by atoms with Gasteiger partial charge in [-0.25, -0.2) is 0 Å². The van der Waals surface area contributed by atoms with Crippen molar-refractivity contribution in [1.82, 2.24) is 20.0 Å². The van der Waals surface area contributed by atoms with Gasteiger partial charge in [0.1, 0.15) is 6.54 Å². The summed E-state index contributed by atoms with van der Waals surface area (Å²) < 4.78 is 37.8. The molecule has 1 aliphatic heterocycles. The van der Waals surface area contributed by atoms with Crippen LogP contribution in [0, 0.1) is 12.8 Å². The number of likely N-dealkylation sites (tertiary alicyclic amines) is 1. The predicted octanol–water partition coefficient (Wildman–Crippen LogP) is 1.98. The molecule has 0 aromatic carbocycles. The highest BCUT2D eigenvalue weighted by atomic mass is 19.4. The summed E-state index contributed by atoms with van der Waals surface area (Å²) in [5.74, 6) is -1.40. The molecule has 24 heavy (non-hydrogen) atoms. The molecule has 0 bridgehead atoms. The number of halogens is 3. The number of aromatic amines is 1. The van der Waals surface area contributed by atoms with Crippen molar-refractivity contribution in [2.75, 3.05) is 26.2 Å². The number of hydrogen-bond donors (Lipinski definition) is 1. The van der Waals surface area contributed by atoms with Gasteiger partial charge in [-0.1, -0.05) is 0 Å². The first kappa shape index (κ1) is 18.3. The lowest BCUT2D eigenvalue weighted by Crippen LogP contribution is -2.48. The lowest BCUT2D eigenvalue weighted by atomic mass is 9.95. The number of piperidine rings is 1. The number of alkyl halides is 3. The van der Waals surface area contributed by atoms with Crippen LogP contribution in [0.2, 0.25) is 0 Å². The van der Waals surface area contributed by atoms with Crippen LogP contribution in [-0.4, -0.2) is 64.2 Å². The second-order valence-electron chi connectivity index (χ2n) is 5.97. The zero-order valence-corrected chi connectivity index (χ0v) is 13.7. The van der Waals surface area contributed by atoms with Crippen molar-refractivity contribution in [2.24, 2.45) is 5.92 Å². The second kappa shape index (κ2) is 7.23. The zero-order valence-electron chi connectivity index (χ0n) is 13.7. The molecule has 1 fully saturated rings. The highest BCUT2D eigenvalue weighted by Gasteiger charge is 2.37. The minimum absolute atomic E-state index is 0.0103. The van der Waals surface area contributed by atoms with Crippen molar-refractivity contribution in [3.63, 3.8) is 0 Å². The fourth-order valence-corrected chi connectivity index (χ4v) is 2.92. The normalized spacial score (nSPS) is 18.5. The molecule has 0 saturated carbocycles. The molecule has 1 atom stereocenters. The molecular formula is C15H21F3N4O2. The van der Waals surface area contributed by atoms with Crippen LogP contribution in [-0.2, 0) is 4.79 Å². The number of aryl methyl sites for hydroxylation is 1. The molecule has 1 N–H and O–H groups in total. The van der Waals surface area contributed by atoms with Gasteiger partial charge in [0.05, 0.1) is 17.7 Å². The predicted molar refractivity (Wildman–Crippen MR) is 80.3 cm³/mol. The maximum Gasteiger partial charge on any atom is 0.406 e. The molecule has 134 valence electrons. The third-order valence-electron chi connectivity index (χ3n) is 4.18. The molecular weight excluding hydrogens is 325 g/mol. The number of aromatic nitrogens is 2. The van der Waals surface area contributed by atoms with E-state index in [1.54, 1.807) is 6.92 Å². The van der Waals surface area contributed by atoms with Crippen molar-refractivity contribution in [3.05, 3.63) is 17.5 Å². The van der Waals surface area contributed by atoms with E-state index in [9.17, 15) is 22.8 Å². The molecule has 1 unspecified atom stereocenters. The van der Waals surface area contributed by atoms with Crippen LogP contribution in [0.3, 0.4) is 0 Å². The van der Waals surface area contributed by atoms with E-state index in [0.29, 0.717) is 30.6 Å². The topological polar surface area (TPSA) is 69.3 Å². The molecule has 2 rings (SSSR count). The molecule has 0 spiro atoms. The van der Waals surface area contributed by atoms with Crippen molar-refractivity contribution in [3.8, 4) is 0 Å². The Bertz CT molecular complexity index is 600. The first-order chi connectivity index (χ1) is 11.2. The van der Waals surface area contributed by atoms with Gasteiger partial charge in [0.15, 0.2) is 0 Å². The van der Waals surface area contributed by atoms with Gasteiger partial charge in [0.25, 0.3) is 5.91 Å². The first-order valence-corrected chi connectivity index (χ1v) is 7.87. The highest BCUT2D eigenvalue weighted by molar-refractivity contribution is 5.95. The van der Waals surface area contributed by atoms with Gasteiger partial charge >= 0.3 is 6.18 Å². The number of nitrogens with zero attached hydrogens (tertiary/aromatic N) is 3. The van der Waals surface area contributed by atoms with Crippen LogP contribution >= 0.6 is 0 Å². The van der Waals surface area contributed by atoms with E-state index in [1.807, 2.05) is 0 Å². The Balaban J connectivity index is 2.05. The summed E-state index contributed by atoms with van der Waals surface area (Å²) in [4.78, 5) is 27.2. The van der Waals surface area contributed by atoms with Crippen LogP contribution in [0.4, 0.5) is 13.2 Å². The molecule has 0 aliphatic carbocycles. The number of nitrogens with one attached hydrogen (secondary N) is 1. The summed E-state index contributed by atoms with van der Waals surface area (Å²) in [6.07, 6.45) is -1.93. The van der Waals surface area contributed by atoms with Gasteiger partial charge in [-0.05, 0) is 26.7 Å². The van der Waals surface area contributed by atoms with Gasteiger partial charge in [0.2, 0.25) is 5.91 Å². The van der Waals surface area contributed by atoms with Crippen LogP contribution in [0.15, 0.2) is 6.20 Å². The van der Waals surface area contributed by atoms with Gasteiger partial charge in [0, 0.05) is 25.3 Å². The van der Waals surface area contributed by atoms with Gasteiger partial charge in [-0.15, -0.1) is 0 Å². The molecule has 1 aromatic rings. The fourth-order valence-electron chi connectivity index (χ4n) is 2.92. The first-order valence-electron chi connectivity index (χ1n) is 7.87. The molecule has 0 radical (unpaired) electrons. The number of H-pyrrole nitrogens is 1. The Morgan fingerprint density at radius 3 is 2.71 bits per heavy atom.